The van der Waals surface area contributed by atoms with Gasteiger partial charge in [-0.1, -0.05) is 71.8 Å². The Bertz CT molecular complexity index is 2150. The number of hydrogen-bond acceptors (Lipinski definition) is 2. The molecule has 3 aliphatic rings. The quantitative estimate of drug-likeness (QED) is 0.220. The molecule has 0 fully saturated rings. The third-order valence-corrected chi connectivity index (χ3v) is 9.75. The zero-order valence-electron chi connectivity index (χ0n) is 24.3. The van der Waals surface area contributed by atoms with Crippen molar-refractivity contribution in [2.24, 2.45) is 5.92 Å². The molecule has 0 N–H and O–H groups in total. The molecule has 42 heavy (non-hydrogen) atoms. The highest BCUT2D eigenvalue weighted by Crippen LogP contribution is 2.50. The SMILES string of the molecule is CC1=CC(Cn2c3cc(C)ccc3c3c4cc(-c5ccc6c(c5)C5c7ccc(C)cc7CC5O6)ccc4oc32)CC=C1. The van der Waals surface area contributed by atoms with Gasteiger partial charge in [0, 0.05) is 29.3 Å². The molecule has 206 valence electrons. The van der Waals surface area contributed by atoms with Crippen LogP contribution in [-0.2, 0) is 13.0 Å². The summed E-state index contributed by atoms with van der Waals surface area (Å²) in [6, 6.07) is 27.1. The molecule has 0 bridgehead atoms. The third kappa shape index (κ3) is 3.52. The summed E-state index contributed by atoms with van der Waals surface area (Å²) in [4.78, 5) is 0. The van der Waals surface area contributed by atoms with E-state index in [0.717, 1.165) is 36.4 Å². The van der Waals surface area contributed by atoms with E-state index in [-0.39, 0.29) is 6.10 Å². The minimum Gasteiger partial charge on any atom is -0.489 e. The lowest BCUT2D eigenvalue weighted by Gasteiger charge is -2.17. The molecule has 3 heterocycles. The van der Waals surface area contributed by atoms with E-state index in [2.05, 4.69) is 116 Å². The molecule has 9 rings (SSSR count). The van der Waals surface area contributed by atoms with Gasteiger partial charge >= 0.3 is 0 Å². The molecule has 1 aliphatic heterocycles. The maximum absolute atomic E-state index is 6.65. The fraction of sp³-hybridized carbons (Fsp3) is 0.231. The standard InChI is InChI=1S/C39H33NO2/c1-22-5-4-6-25(15-22)21-40-33-17-24(3)8-12-30(33)38-32-19-27(10-14-35(32)42-39(38)40)26-9-13-34-31(18-26)37-29-11-7-23(2)16-28(29)20-36(37)41-34/h4-5,7-19,25,36-37H,6,20-21H2,1-3H3. The van der Waals surface area contributed by atoms with Crippen molar-refractivity contribution in [3.05, 3.63) is 124 Å². The monoisotopic (exact) mass is 547 g/mol. The molecule has 3 nitrogen and oxygen atoms in total. The van der Waals surface area contributed by atoms with E-state index in [1.54, 1.807) is 0 Å². The van der Waals surface area contributed by atoms with Crippen molar-refractivity contribution in [1.82, 2.24) is 4.57 Å². The summed E-state index contributed by atoms with van der Waals surface area (Å²) >= 11 is 0. The summed E-state index contributed by atoms with van der Waals surface area (Å²) < 4.78 is 15.5. The van der Waals surface area contributed by atoms with Crippen LogP contribution in [0.15, 0.2) is 101 Å². The van der Waals surface area contributed by atoms with Crippen LogP contribution in [0.25, 0.3) is 44.1 Å². The lowest BCUT2D eigenvalue weighted by atomic mass is 9.90. The summed E-state index contributed by atoms with van der Waals surface area (Å²) in [6.07, 6.45) is 9.18. The van der Waals surface area contributed by atoms with E-state index >= 15 is 0 Å². The topological polar surface area (TPSA) is 27.3 Å². The van der Waals surface area contributed by atoms with Gasteiger partial charge in [-0.3, -0.25) is 0 Å². The molecule has 2 aromatic heterocycles. The van der Waals surface area contributed by atoms with Crippen molar-refractivity contribution in [3.63, 3.8) is 0 Å². The van der Waals surface area contributed by atoms with Gasteiger partial charge in [-0.15, -0.1) is 0 Å². The predicted octanol–water partition coefficient (Wildman–Crippen LogP) is 9.80. The molecule has 6 aromatic rings. The van der Waals surface area contributed by atoms with E-state index in [0.29, 0.717) is 11.8 Å². The highest BCUT2D eigenvalue weighted by atomic mass is 16.5. The van der Waals surface area contributed by atoms with Crippen molar-refractivity contribution < 1.29 is 9.15 Å². The molecule has 3 unspecified atom stereocenters. The summed E-state index contributed by atoms with van der Waals surface area (Å²) in [5.74, 6) is 1.81. The largest absolute Gasteiger partial charge is 0.489 e. The van der Waals surface area contributed by atoms with Gasteiger partial charge in [0.2, 0.25) is 5.71 Å². The Hall–Kier alpha value is -4.50. The highest BCUT2D eigenvalue weighted by Gasteiger charge is 2.41. The van der Waals surface area contributed by atoms with Crippen LogP contribution in [0.1, 0.15) is 47.1 Å². The van der Waals surface area contributed by atoms with Crippen molar-refractivity contribution in [3.8, 4) is 16.9 Å². The van der Waals surface area contributed by atoms with Gasteiger partial charge in [0.15, 0.2) is 0 Å². The number of aryl methyl sites for hydroxylation is 2. The molecule has 0 spiro atoms. The normalized spacial score (nSPS) is 20.6. The number of hydrogen-bond donors (Lipinski definition) is 0. The van der Waals surface area contributed by atoms with Gasteiger partial charge < -0.3 is 13.7 Å². The highest BCUT2D eigenvalue weighted by molar-refractivity contribution is 6.19. The van der Waals surface area contributed by atoms with Gasteiger partial charge in [-0.25, -0.2) is 0 Å². The summed E-state index contributed by atoms with van der Waals surface area (Å²) in [5.41, 5.74) is 13.7. The summed E-state index contributed by atoms with van der Waals surface area (Å²) in [5, 5.41) is 3.67. The second kappa shape index (κ2) is 8.75. The Morgan fingerprint density at radius 2 is 1.64 bits per heavy atom. The molecular weight excluding hydrogens is 514 g/mol. The summed E-state index contributed by atoms with van der Waals surface area (Å²) in [6.45, 7) is 7.45. The van der Waals surface area contributed by atoms with Gasteiger partial charge in [-0.2, -0.15) is 0 Å². The molecule has 2 aliphatic carbocycles. The fourth-order valence-corrected chi connectivity index (χ4v) is 7.84. The zero-order chi connectivity index (χ0) is 28.1. The second-order valence-corrected chi connectivity index (χ2v) is 12.7. The average molecular weight is 548 g/mol. The molecule has 4 aromatic carbocycles. The lowest BCUT2D eigenvalue weighted by Crippen LogP contribution is -2.14. The number of fused-ring (bicyclic) bond motifs is 10. The Morgan fingerprint density at radius 1 is 0.810 bits per heavy atom. The van der Waals surface area contributed by atoms with E-state index in [1.165, 1.54) is 66.2 Å². The molecule has 3 atom stereocenters. The van der Waals surface area contributed by atoms with Crippen LogP contribution in [0.2, 0.25) is 0 Å². The van der Waals surface area contributed by atoms with Crippen molar-refractivity contribution in [1.29, 1.82) is 0 Å². The number of allylic oxidation sites excluding steroid dienone is 4. The van der Waals surface area contributed by atoms with E-state index in [1.807, 2.05) is 0 Å². The van der Waals surface area contributed by atoms with E-state index < -0.39 is 0 Å². The summed E-state index contributed by atoms with van der Waals surface area (Å²) in [7, 11) is 0. The number of aromatic nitrogens is 1. The lowest BCUT2D eigenvalue weighted by molar-refractivity contribution is 0.230. The van der Waals surface area contributed by atoms with Crippen LogP contribution >= 0.6 is 0 Å². The minimum absolute atomic E-state index is 0.205. The van der Waals surface area contributed by atoms with Crippen LogP contribution in [0, 0.1) is 19.8 Å². The Morgan fingerprint density at radius 3 is 2.55 bits per heavy atom. The van der Waals surface area contributed by atoms with Crippen LogP contribution in [0.3, 0.4) is 0 Å². The predicted molar refractivity (Wildman–Crippen MR) is 172 cm³/mol. The van der Waals surface area contributed by atoms with Crippen LogP contribution < -0.4 is 4.74 Å². The number of benzene rings is 4. The number of ether oxygens (including phenoxy) is 1. The first kappa shape index (κ1) is 24.1. The van der Waals surface area contributed by atoms with Crippen molar-refractivity contribution in [2.45, 2.75) is 52.2 Å². The molecule has 0 saturated heterocycles. The van der Waals surface area contributed by atoms with Gasteiger partial charge in [0.05, 0.1) is 16.8 Å². The van der Waals surface area contributed by atoms with E-state index in [4.69, 9.17) is 9.15 Å². The smallest absolute Gasteiger partial charge is 0.209 e. The van der Waals surface area contributed by atoms with Crippen LogP contribution in [0.4, 0.5) is 0 Å². The third-order valence-electron chi connectivity index (χ3n) is 9.75. The average Bonchev–Trinajstić information content (AvgIpc) is 3.70. The number of rotatable bonds is 3. The second-order valence-electron chi connectivity index (χ2n) is 12.7. The van der Waals surface area contributed by atoms with Gasteiger partial charge in [0.25, 0.3) is 0 Å². The Kier molecular flexibility index (Phi) is 5.03. The molecule has 0 amide bonds. The first-order chi connectivity index (χ1) is 20.5. The van der Waals surface area contributed by atoms with E-state index in [9.17, 15) is 0 Å². The number of furan rings is 1. The fourth-order valence-electron chi connectivity index (χ4n) is 7.84. The Balaban J connectivity index is 1.18. The molecule has 0 radical (unpaired) electrons. The zero-order valence-corrected chi connectivity index (χ0v) is 24.3. The van der Waals surface area contributed by atoms with Crippen LogP contribution in [0.5, 0.6) is 5.75 Å². The maximum Gasteiger partial charge on any atom is 0.209 e. The van der Waals surface area contributed by atoms with Crippen molar-refractivity contribution >= 4 is 33.0 Å². The van der Waals surface area contributed by atoms with Crippen molar-refractivity contribution in [2.75, 3.05) is 0 Å². The molecule has 0 saturated carbocycles. The Labute approximate surface area is 245 Å². The van der Waals surface area contributed by atoms with Gasteiger partial charge in [-0.05, 0) is 91.3 Å². The molecule has 3 heteroatoms. The van der Waals surface area contributed by atoms with Gasteiger partial charge in [0.1, 0.15) is 17.4 Å². The maximum atomic E-state index is 6.65. The first-order valence-corrected chi connectivity index (χ1v) is 15.2. The molecular formula is C39H33NO2. The number of nitrogens with zero attached hydrogens (tertiary/aromatic N) is 1. The first-order valence-electron chi connectivity index (χ1n) is 15.2. The van der Waals surface area contributed by atoms with Crippen LogP contribution in [-0.4, -0.2) is 10.7 Å². The minimum atomic E-state index is 0.205.